The van der Waals surface area contributed by atoms with Crippen molar-refractivity contribution < 1.29 is 8.42 Å². The van der Waals surface area contributed by atoms with Crippen molar-refractivity contribution in [2.75, 3.05) is 0 Å². The minimum absolute atomic E-state index is 0.192. The zero-order valence-corrected chi connectivity index (χ0v) is 14.6. The number of hydrogen-bond acceptors (Lipinski definition) is 3. The smallest absolute Gasteiger partial charge is 0.276 e. The molecule has 3 aromatic rings. The highest BCUT2D eigenvalue weighted by Gasteiger charge is 2.12. The molecule has 0 saturated heterocycles. The van der Waals surface area contributed by atoms with Crippen LogP contribution in [0, 0.1) is 13.8 Å². The molecule has 1 N–H and O–H groups in total. The molecule has 0 spiro atoms. The molecule has 1 heterocycles. The average molecular weight is 341 g/mol. The number of benzene rings is 2. The Morgan fingerprint density at radius 2 is 1.67 bits per heavy atom. The summed E-state index contributed by atoms with van der Waals surface area (Å²) in [4.78, 5) is 2.51. The molecular formula is C18H19N3O2S. The van der Waals surface area contributed by atoms with Gasteiger partial charge in [-0.2, -0.15) is 13.2 Å². The summed E-state index contributed by atoms with van der Waals surface area (Å²) in [5.74, 6) is 0. The Hall–Kier alpha value is -2.60. The van der Waals surface area contributed by atoms with Gasteiger partial charge in [-0.15, -0.1) is 5.10 Å². The van der Waals surface area contributed by atoms with E-state index in [0.29, 0.717) is 5.49 Å². The van der Waals surface area contributed by atoms with E-state index >= 15 is 0 Å². The molecule has 0 unspecified atom stereocenters. The number of rotatable bonds is 3. The first-order chi connectivity index (χ1) is 11.4. The third kappa shape index (κ3) is 3.05. The number of aryl methyl sites for hydroxylation is 3. The van der Waals surface area contributed by atoms with Gasteiger partial charge in [0.15, 0.2) is 5.49 Å². The maximum absolute atomic E-state index is 12.4. The van der Waals surface area contributed by atoms with Crippen LogP contribution < -0.4 is 10.3 Å². The number of nitrogens with zero attached hydrogens (tertiary/aromatic N) is 2. The van der Waals surface area contributed by atoms with E-state index < -0.39 is 10.0 Å². The molecule has 24 heavy (non-hydrogen) atoms. The summed E-state index contributed by atoms with van der Waals surface area (Å²) >= 11 is 0. The molecule has 3 rings (SSSR count). The van der Waals surface area contributed by atoms with Gasteiger partial charge in [0.2, 0.25) is 0 Å². The molecule has 0 radical (unpaired) electrons. The van der Waals surface area contributed by atoms with Gasteiger partial charge in [-0.25, -0.2) is 0 Å². The fraction of sp³-hybridized carbons (Fsp3) is 0.167. The first kappa shape index (κ1) is 16.3. The monoisotopic (exact) mass is 341 g/mol. The number of sulfonamides is 1. The van der Waals surface area contributed by atoms with Gasteiger partial charge in [-0.1, -0.05) is 35.9 Å². The van der Waals surface area contributed by atoms with Crippen LogP contribution in [0.2, 0.25) is 0 Å². The summed E-state index contributed by atoms with van der Waals surface area (Å²) in [6.45, 7) is 3.89. The summed E-state index contributed by atoms with van der Waals surface area (Å²) < 4.78 is 26.6. The lowest BCUT2D eigenvalue weighted by molar-refractivity contribution is 0.582. The number of fused-ring (bicyclic) bond motifs is 1. The molecule has 5 nitrogen and oxygen atoms in total. The Morgan fingerprint density at radius 3 is 2.38 bits per heavy atom. The number of para-hydroxylation sites is 1. The molecule has 0 saturated carbocycles. The lowest BCUT2D eigenvalue weighted by atomic mass is 10.1. The molecule has 1 aromatic heterocycles. The zero-order chi connectivity index (χ0) is 17.3. The van der Waals surface area contributed by atoms with Crippen molar-refractivity contribution in [3.8, 4) is 0 Å². The molecule has 6 heteroatoms. The van der Waals surface area contributed by atoms with Crippen molar-refractivity contribution in [2.24, 2.45) is 12.1 Å². The van der Waals surface area contributed by atoms with Gasteiger partial charge in [0.1, 0.15) is 0 Å². The fourth-order valence-corrected chi connectivity index (χ4v) is 3.39. The second-order valence-corrected chi connectivity index (χ2v) is 7.44. The Balaban J connectivity index is 2.05. The van der Waals surface area contributed by atoms with E-state index in [9.17, 15) is 8.42 Å². The third-order valence-corrected chi connectivity index (χ3v) is 5.22. The first-order valence-electron chi connectivity index (χ1n) is 7.56. The first-order valence-corrected chi connectivity index (χ1v) is 9.04. The van der Waals surface area contributed by atoms with Gasteiger partial charge in [0.25, 0.3) is 10.0 Å². The van der Waals surface area contributed by atoms with Crippen LogP contribution in [0.15, 0.2) is 64.6 Å². The Labute approximate surface area is 141 Å². The van der Waals surface area contributed by atoms with Crippen molar-refractivity contribution in [3.05, 3.63) is 71.2 Å². The largest absolute Gasteiger partial charge is 0.327 e. The second kappa shape index (κ2) is 6.13. The Morgan fingerprint density at radius 1 is 1.00 bits per heavy atom. The third-order valence-electron chi connectivity index (χ3n) is 3.99. The molecule has 0 aliphatic carbocycles. The highest BCUT2D eigenvalue weighted by Crippen LogP contribution is 2.15. The number of nitrogens with one attached hydrogen (secondary N) is 1. The lowest BCUT2D eigenvalue weighted by Crippen LogP contribution is -2.26. The minimum atomic E-state index is -3.69. The van der Waals surface area contributed by atoms with Crippen molar-refractivity contribution >= 4 is 20.9 Å². The van der Waals surface area contributed by atoms with Crippen molar-refractivity contribution in [1.29, 1.82) is 0 Å². The van der Waals surface area contributed by atoms with Crippen molar-refractivity contribution in [1.82, 2.24) is 9.40 Å². The van der Waals surface area contributed by atoms with E-state index in [4.69, 9.17) is 0 Å². The van der Waals surface area contributed by atoms with E-state index in [-0.39, 0.29) is 4.90 Å². The molecule has 2 aromatic carbocycles. The van der Waals surface area contributed by atoms with Gasteiger partial charge in [0, 0.05) is 18.0 Å². The van der Waals surface area contributed by atoms with Gasteiger partial charge in [-0.3, -0.25) is 0 Å². The van der Waals surface area contributed by atoms with Gasteiger partial charge in [0.05, 0.1) is 4.90 Å². The molecule has 124 valence electrons. The van der Waals surface area contributed by atoms with Crippen LogP contribution in [0.5, 0.6) is 0 Å². The van der Waals surface area contributed by atoms with E-state index in [1.165, 1.54) is 0 Å². The van der Waals surface area contributed by atoms with Crippen LogP contribution in [0.25, 0.3) is 10.9 Å². The van der Waals surface area contributed by atoms with Crippen molar-refractivity contribution in [3.63, 3.8) is 0 Å². The molecule has 0 atom stereocenters. The predicted octanol–water partition coefficient (Wildman–Crippen LogP) is 2.59. The minimum Gasteiger partial charge on any atom is -0.327 e. The average Bonchev–Trinajstić information content (AvgIpc) is 2.57. The molecular weight excluding hydrogens is 322 g/mol. The molecule has 0 fully saturated rings. The summed E-state index contributed by atoms with van der Waals surface area (Å²) in [5, 5.41) is 5.22. The van der Waals surface area contributed by atoms with Crippen LogP contribution in [-0.4, -0.2) is 13.0 Å². The quantitative estimate of drug-likeness (QED) is 0.744. The van der Waals surface area contributed by atoms with Crippen LogP contribution in [-0.2, 0) is 17.1 Å². The SMILES string of the molecule is Cc1ccc(S(=O)(=O)N/N=c2\cc(C)c3ccccc3n2C)cc1. The van der Waals surface area contributed by atoms with Crippen LogP contribution >= 0.6 is 0 Å². The number of aromatic nitrogens is 1. The molecule has 0 bridgehead atoms. The van der Waals surface area contributed by atoms with E-state index in [0.717, 1.165) is 22.0 Å². The predicted molar refractivity (Wildman–Crippen MR) is 94.7 cm³/mol. The summed E-state index contributed by atoms with van der Waals surface area (Å²) in [6, 6.07) is 16.5. The lowest BCUT2D eigenvalue weighted by Gasteiger charge is -2.10. The summed E-state index contributed by atoms with van der Waals surface area (Å²) in [7, 11) is -1.83. The number of pyridine rings is 1. The van der Waals surface area contributed by atoms with E-state index in [2.05, 4.69) is 9.93 Å². The van der Waals surface area contributed by atoms with E-state index in [1.807, 2.05) is 55.8 Å². The molecule has 0 aliphatic rings. The molecule has 0 amide bonds. The fourth-order valence-electron chi connectivity index (χ4n) is 2.58. The standard InChI is InChI=1S/C18H19N3O2S/c1-13-8-10-15(11-9-13)24(22,23)20-19-18-12-14(2)16-6-4-5-7-17(16)21(18)3/h4-12,20H,1-3H3/b19-18+. The zero-order valence-electron chi connectivity index (χ0n) is 13.8. The highest BCUT2D eigenvalue weighted by atomic mass is 32.2. The normalized spacial score (nSPS) is 12.5. The van der Waals surface area contributed by atoms with Crippen LogP contribution in [0.1, 0.15) is 11.1 Å². The maximum atomic E-state index is 12.4. The van der Waals surface area contributed by atoms with Crippen LogP contribution in [0.3, 0.4) is 0 Å². The van der Waals surface area contributed by atoms with Crippen molar-refractivity contribution in [2.45, 2.75) is 18.7 Å². The van der Waals surface area contributed by atoms with Gasteiger partial charge in [-0.05, 0) is 43.7 Å². The highest BCUT2D eigenvalue weighted by molar-refractivity contribution is 7.89. The molecule has 0 aliphatic heterocycles. The second-order valence-electron chi connectivity index (χ2n) is 5.78. The van der Waals surface area contributed by atoms with Gasteiger partial charge >= 0.3 is 0 Å². The Bertz CT molecular complexity index is 1070. The number of hydrogen-bond donors (Lipinski definition) is 1. The van der Waals surface area contributed by atoms with Gasteiger partial charge < -0.3 is 4.57 Å². The summed E-state index contributed by atoms with van der Waals surface area (Å²) in [5.41, 5.74) is 3.58. The maximum Gasteiger partial charge on any atom is 0.276 e. The van der Waals surface area contributed by atoms with Crippen LogP contribution in [0.4, 0.5) is 0 Å². The Kier molecular flexibility index (Phi) is 4.15. The summed E-state index contributed by atoms with van der Waals surface area (Å²) in [6.07, 6.45) is 0. The van der Waals surface area contributed by atoms with E-state index in [1.54, 1.807) is 24.3 Å². The topological polar surface area (TPSA) is 63.5 Å².